The second-order valence-electron chi connectivity index (χ2n) is 3.79. The van der Waals surface area contributed by atoms with Crippen LogP contribution in [-0.2, 0) is 0 Å². The molecule has 13 heavy (non-hydrogen) atoms. The van der Waals surface area contributed by atoms with E-state index in [2.05, 4.69) is 43.0 Å². The molecule has 0 amide bonds. The molecule has 4 heteroatoms. The zero-order chi connectivity index (χ0) is 9.84. The van der Waals surface area contributed by atoms with Crippen molar-refractivity contribution in [2.75, 3.05) is 13.1 Å². The molecule has 0 aliphatic carbocycles. The summed E-state index contributed by atoms with van der Waals surface area (Å²) < 4.78 is 0. The molecule has 0 aromatic rings. The van der Waals surface area contributed by atoms with E-state index in [1.54, 1.807) is 0 Å². The summed E-state index contributed by atoms with van der Waals surface area (Å²) in [6.07, 6.45) is 0. The molecule has 0 radical (unpaired) electrons. The van der Waals surface area contributed by atoms with Crippen molar-refractivity contribution in [1.29, 1.82) is 0 Å². The highest BCUT2D eigenvalue weighted by molar-refractivity contribution is 5.84. The lowest BCUT2D eigenvalue weighted by molar-refractivity contribution is 0.331. The van der Waals surface area contributed by atoms with Gasteiger partial charge in [0, 0.05) is 12.0 Å². The van der Waals surface area contributed by atoms with Crippen molar-refractivity contribution in [1.82, 2.24) is 5.01 Å². The standard InChI is InChI=1S/C9H18N4/c1-7(2)9-10-5-6-11-12-13(9)8(3)4/h7-8H,5-6H2,1-4H3. The van der Waals surface area contributed by atoms with Gasteiger partial charge in [0.05, 0.1) is 13.1 Å². The van der Waals surface area contributed by atoms with Crippen LogP contribution in [0.1, 0.15) is 27.7 Å². The molecule has 0 aromatic carbocycles. The summed E-state index contributed by atoms with van der Waals surface area (Å²) >= 11 is 0. The molecule has 0 bridgehead atoms. The van der Waals surface area contributed by atoms with E-state index in [1.807, 2.05) is 5.01 Å². The first-order chi connectivity index (χ1) is 6.13. The smallest absolute Gasteiger partial charge is 0.124 e. The maximum absolute atomic E-state index is 4.48. The Hall–Kier alpha value is -0.930. The van der Waals surface area contributed by atoms with Gasteiger partial charge >= 0.3 is 0 Å². The highest BCUT2D eigenvalue weighted by Crippen LogP contribution is 2.11. The van der Waals surface area contributed by atoms with Crippen LogP contribution in [-0.4, -0.2) is 30.0 Å². The fraction of sp³-hybridized carbons (Fsp3) is 0.889. The fourth-order valence-corrected chi connectivity index (χ4v) is 1.26. The van der Waals surface area contributed by atoms with Crippen molar-refractivity contribution in [2.45, 2.75) is 33.7 Å². The first-order valence-corrected chi connectivity index (χ1v) is 4.84. The monoisotopic (exact) mass is 182 g/mol. The second kappa shape index (κ2) is 4.35. The van der Waals surface area contributed by atoms with Gasteiger partial charge in [-0.3, -0.25) is 4.99 Å². The van der Waals surface area contributed by atoms with Gasteiger partial charge in [-0.15, -0.1) is 0 Å². The van der Waals surface area contributed by atoms with E-state index in [4.69, 9.17) is 0 Å². The summed E-state index contributed by atoms with van der Waals surface area (Å²) in [4.78, 5) is 4.48. The van der Waals surface area contributed by atoms with Gasteiger partial charge in [-0.25, -0.2) is 5.01 Å². The number of hydrogen-bond acceptors (Lipinski definition) is 4. The van der Waals surface area contributed by atoms with Gasteiger partial charge in [0.1, 0.15) is 5.84 Å². The highest BCUT2D eigenvalue weighted by atomic mass is 15.6. The van der Waals surface area contributed by atoms with Crippen LogP contribution in [0.15, 0.2) is 15.3 Å². The topological polar surface area (TPSA) is 40.3 Å². The number of amidine groups is 1. The van der Waals surface area contributed by atoms with Crippen LogP contribution in [0.25, 0.3) is 0 Å². The van der Waals surface area contributed by atoms with E-state index in [-0.39, 0.29) is 0 Å². The van der Waals surface area contributed by atoms with E-state index in [1.165, 1.54) is 0 Å². The van der Waals surface area contributed by atoms with Crippen molar-refractivity contribution in [3.05, 3.63) is 0 Å². The van der Waals surface area contributed by atoms with E-state index in [0.29, 0.717) is 18.5 Å². The van der Waals surface area contributed by atoms with Gasteiger partial charge in [0.15, 0.2) is 0 Å². The molecule has 1 aliphatic rings. The van der Waals surface area contributed by atoms with Gasteiger partial charge in [-0.2, -0.15) is 5.11 Å². The third-order valence-corrected chi connectivity index (χ3v) is 1.87. The fourth-order valence-electron chi connectivity index (χ4n) is 1.26. The molecule has 0 spiro atoms. The van der Waals surface area contributed by atoms with E-state index in [0.717, 1.165) is 12.4 Å². The first kappa shape index (κ1) is 10.2. The Morgan fingerprint density at radius 2 is 1.85 bits per heavy atom. The van der Waals surface area contributed by atoms with Gasteiger partial charge in [0.25, 0.3) is 0 Å². The van der Waals surface area contributed by atoms with Crippen LogP contribution >= 0.6 is 0 Å². The Balaban J connectivity index is 2.85. The van der Waals surface area contributed by atoms with Crippen LogP contribution in [0.3, 0.4) is 0 Å². The van der Waals surface area contributed by atoms with Crippen LogP contribution < -0.4 is 0 Å². The van der Waals surface area contributed by atoms with E-state index in [9.17, 15) is 0 Å². The second-order valence-corrected chi connectivity index (χ2v) is 3.79. The van der Waals surface area contributed by atoms with Crippen molar-refractivity contribution < 1.29 is 0 Å². The number of aliphatic imine (C=N–C) groups is 1. The third kappa shape index (κ3) is 2.50. The summed E-state index contributed by atoms with van der Waals surface area (Å²) in [6.45, 7) is 9.94. The van der Waals surface area contributed by atoms with Crippen molar-refractivity contribution in [3.63, 3.8) is 0 Å². The number of hydrogen-bond donors (Lipinski definition) is 0. The SMILES string of the molecule is CC(C)C1=NCCN=NN1C(C)C. The molecular weight excluding hydrogens is 164 g/mol. The number of rotatable bonds is 2. The van der Waals surface area contributed by atoms with Crippen LogP contribution in [0, 0.1) is 5.92 Å². The summed E-state index contributed by atoms with van der Waals surface area (Å²) in [7, 11) is 0. The third-order valence-electron chi connectivity index (χ3n) is 1.87. The molecule has 0 fully saturated rings. The van der Waals surface area contributed by atoms with Crippen LogP contribution in [0.2, 0.25) is 0 Å². The lowest BCUT2D eigenvalue weighted by Crippen LogP contribution is -2.34. The van der Waals surface area contributed by atoms with Gasteiger partial charge < -0.3 is 0 Å². The van der Waals surface area contributed by atoms with Crippen LogP contribution in [0.5, 0.6) is 0 Å². The normalized spacial score (nSPS) is 18.0. The van der Waals surface area contributed by atoms with Crippen molar-refractivity contribution in [2.24, 2.45) is 21.2 Å². The Bertz CT molecular complexity index is 218. The summed E-state index contributed by atoms with van der Waals surface area (Å²) in [5.74, 6) is 1.47. The number of nitrogens with zero attached hydrogens (tertiary/aromatic N) is 4. The Labute approximate surface area is 79.7 Å². The summed E-state index contributed by atoms with van der Waals surface area (Å²) in [6, 6.07) is 0.336. The lowest BCUT2D eigenvalue weighted by atomic mass is 10.2. The average Bonchev–Trinajstić information content (AvgIpc) is 2.27. The summed E-state index contributed by atoms with van der Waals surface area (Å²) in [5.41, 5.74) is 0. The minimum absolute atomic E-state index is 0.336. The zero-order valence-electron chi connectivity index (χ0n) is 8.86. The predicted octanol–water partition coefficient (Wildman–Crippen LogP) is 2.13. The summed E-state index contributed by atoms with van der Waals surface area (Å²) in [5, 5.41) is 10.1. The largest absolute Gasteiger partial charge is 0.268 e. The Kier molecular flexibility index (Phi) is 3.39. The van der Waals surface area contributed by atoms with Crippen molar-refractivity contribution in [3.8, 4) is 0 Å². The Morgan fingerprint density at radius 3 is 2.38 bits per heavy atom. The predicted molar refractivity (Wildman–Crippen MR) is 53.8 cm³/mol. The molecule has 0 atom stereocenters. The minimum atomic E-state index is 0.336. The maximum atomic E-state index is 4.48. The molecule has 1 aliphatic heterocycles. The molecule has 0 unspecified atom stereocenters. The molecule has 1 heterocycles. The van der Waals surface area contributed by atoms with Gasteiger partial charge in [-0.05, 0) is 13.8 Å². The maximum Gasteiger partial charge on any atom is 0.124 e. The van der Waals surface area contributed by atoms with E-state index >= 15 is 0 Å². The molecule has 1 rings (SSSR count). The van der Waals surface area contributed by atoms with Gasteiger partial charge in [-0.1, -0.05) is 19.1 Å². The Morgan fingerprint density at radius 1 is 1.15 bits per heavy atom. The average molecular weight is 182 g/mol. The van der Waals surface area contributed by atoms with E-state index < -0.39 is 0 Å². The molecule has 0 saturated heterocycles. The zero-order valence-corrected chi connectivity index (χ0v) is 8.86. The molecule has 74 valence electrons. The highest BCUT2D eigenvalue weighted by Gasteiger charge is 2.18. The first-order valence-electron chi connectivity index (χ1n) is 4.84. The minimum Gasteiger partial charge on any atom is -0.268 e. The quantitative estimate of drug-likeness (QED) is 0.645. The molecule has 0 saturated carbocycles. The van der Waals surface area contributed by atoms with Gasteiger partial charge in [0.2, 0.25) is 0 Å². The van der Waals surface area contributed by atoms with Crippen LogP contribution in [0.4, 0.5) is 0 Å². The molecular formula is C9H18N4. The molecule has 0 N–H and O–H groups in total. The molecule has 4 nitrogen and oxygen atoms in total. The lowest BCUT2D eigenvalue weighted by Gasteiger charge is -2.24. The molecule has 0 aromatic heterocycles. The van der Waals surface area contributed by atoms with Crippen molar-refractivity contribution >= 4 is 5.84 Å².